The fourth-order valence-electron chi connectivity index (χ4n) is 1.91. The summed E-state index contributed by atoms with van der Waals surface area (Å²) in [4.78, 5) is 0. The second kappa shape index (κ2) is 22.5. The fourth-order valence-corrected chi connectivity index (χ4v) is 2.61. The van der Waals surface area contributed by atoms with Crippen molar-refractivity contribution in [2.45, 2.75) is 19.6 Å². The first kappa shape index (κ1) is 28.9. The van der Waals surface area contributed by atoms with Crippen LogP contribution in [0, 0.1) is 0 Å². The average Bonchev–Trinajstić information content (AvgIpc) is 2.67. The fraction of sp³-hybridized carbons (Fsp3) is 1.00. The zero-order valence-corrected chi connectivity index (χ0v) is 19.7. The van der Waals surface area contributed by atoms with Gasteiger partial charge in [-0.3, -0.25) is 0 Å². The van der Waals surface area contributed by atoms with Crippen molar-refractivity contribution < 1.29 is 37.6 Å². The Bertz CT molecular complexity index is 321. The molecule has 0 aromatic carbocycles. The summed E-state index contributed by atoms with van der Waals surface area (Å²) in [5.74, 6) is 0. The molecule has 176 valence electrons. The van der Waals surface area contributed by atoms with Gasteiger partial charge in [0.15, 0.2) is 8.32 Å². The minimum absolute atomic E-state index is 0.535. The lowest BCUT2D eigenvalue weighted by molar-refractivity contribution is -0.0210. The summed E-state index contributed by atoms with van der Waals surface area (Å²) < 4.78 is 43.3. The molecule has 0 heterocycles. The van der Waals surface area contributed by atoms with Crippen molar-refractivity contribution in [3.63, 3.8) is 0 Å². The molecule has 10 heteroatoms. The van der Waals surface area contributed by atoms with Crippen molar-refractivity contribution in [2.75, 3.05) is 106 Å². The van der Waals surface area contributed by atoms with Crippen LogP contribution in [-0.2, 0) is 37.6 Å². The van der Waals surface area contributed by atoms with Crippen molar-refractivity contribution in [2.24, 2.45) is 5.73 Å². The minimum Gasteiger partial charge on any atom is -0.415 e. The predicted octanol–water partition coefficient (Wildman–Crippen LogP) is 0.913. The molecule has 2 N–H and O–H groups in total. The Morgan fingerprint density at radius 3 is 0.897 bits per heavy atom. The zero-order chi connectivity index (χ0) is 21.5. The summed E-state index contributed by atoms with van der Waals surface area (Å²) in [6.07, 6.45) is 0. The summed E-state index contributed by atoms with van der Waals surface area (Å²) in [7, 11) is -1.43. The van der Waals surface area contributed by atoms with Crippen LogP contribution in [0.5, 0.6) is 0 Å². The maximum atomic E-state index is 5.69. The Hall–Kier alpha value is -0.143. The lowest BCUT2D eigenvalue weighted by atomic mass is 10.6. The van der Waals surface area contributed by atoms with Crippen molar-refractivity contribution in [1.82, 2.24) is 0 Å². The van der Waals surface area contributed by atoms with Crippen LogP contribution in [-0.4, -0.2) is 114 Å². The van der Waals surface area contributed by atoms with Crippen molar-refractivity contribution in [3.05, 3.63) is 0 Å². The average molecular weight is 442 g/mol. The molecule has 0 aromatic rings. The van der Waals surface area contributed by atoms with Gasteiger partial charge < -0.3 is 43.3 Å². The Morgan fingerprint density at radius 2 is 0.655 bits per heavy atom. The molecule has 0 spiro atoms. The van der Waals surface area contributed by atoms with E-state index in [1.165, 1.54) is 0 Å². The topological polar surface area (TPSA) is 99.9 Å². The van der Waals surface area contributed by atoms with Crippen LogP contribution in [0.4, 0.5) is 0 Å². The molecule has 0 aliphatic heterocycles. The molecule has 0 rings (SSSR count). The Morgan fingerprint density at radius 1 is 0.414 bits per heavy atom. The van der Waals surface area contributed by atoms with Gasteiger partial charge in [-0.15, -0.1) is 0 Å². The first-order valence-electron chi connectivity index (χ1n) is 10.4. The van der Waals surface area contributed by atoms with Gasteiger partial charge in [-0.2, -0.15) is 0 Å². The number of rotatable bonds is 24. The standard InChI is InChI=1S/C19H43NO8Si/c1-29(2,3)28-19-18-27-17-16-26-15-14-25-13-12-24-11-10-23-9-8-22-7-6-21-5-4-20/h4-20H2,1-3H3. The van der Waals surface area contributed by atoms with Crippen LogP contribution < -0.4 is 5.73 Å². The van der Waals surface area contributed by atoms with Gasteiger partial charge in [0.05, 0.1) is 99.1 Å². The van der Waals surface area contributed by atoms with Gasteiger partial charge in [-0.25, -0.2) is 0 Å². The molecule has 0 amide bonds. The second-order valence-electron chi connectivity index (χ2n) is 7.04. The van der Waals surface area contributed by atoms with Crippen LogP contribution in [0.1, 0.15) is 0 Å². The highest BCUT2D eigenvalue weighted by Crippen LogP contribution is 2.01. The molecule has 0 saturated carbocycles. The van der Waals surface area contributed by atoms with Gasteiger partial charge in [-0.05, 0) is 19.6 Å². The van der Waals surface area contributed by atoms with Crippen LogP contribution in [0.15, 0.2) is 0 Å². The number of nitrogens with two attached hydrogens (primary N) is 1. The van der Waals surface area contributed by atoms with E-state index >= 15 is 0 Å². The third-order valence-corrected chi connectivity index (χ3v) is 4.33. The van der Waals surface area contributed by atoms with E-state index in [2.05, 4.69) is 19.6 Å². The zero-order valence-electron chi connectivity index (χ0n) is 18.7. The highest BCUT2D eigenvalue weighted by Gasteiger charge is 2.12. The maximum absolute atomic E-state index is 5.69. The molecule has 0 radical (unpaired) electrons. The first-order valence-corrected chi connectivity index (χ1v) is 13.9. The Labute approximate surface area is 177 Å². The van der Waals surface area contributed by atoms with Gasteiger partial charge in [0.1, 0.15) is 0 Å². The van der Waals surface area contributed by atoms with E-state index in [-0.39, 0.29) is 0 Å². The van der Waals surface area contributed by atoms with Crippen LogP contribution in [0.2, 0.25) is 19.6 Å². The van der Waals surface area contributed by atoms with E-state index in [9.17, 15) is 0 Å². The van der Waals surface area contributed by atoms with E-state index in [0.29, 0.717) is 106 Å². The molecule has 0 saturated heterocycles. The molecule has 9 nitrogen and oxygen atoms in total. The van der Waals surface area contributed by atoms with Crippen LogP contribution in [0.25, 0.3) is 0 Å². The highest BCUT2D eigenvalue weighted by molar-refractivity contribution is 6.69. The van der Waals surface area contributed by atoms with E-state index in [1.807, 2.05) is 0 Å². The van der Waals surface area contributed by atoms with Crippen LogP contribution in [0.3, 0.4) is 0 Å². The van der Waals surface area contributed by atoms with Gasteiger partial charge in [0, 0.05) is 6.54 Å². The predicted molar refractivity (Wildman–Crippen MR) is 114 cm³/mol. The van der Waals surface area contributed by atoms with Crippen molar-refractivity contribution in [1.29, 1.82) is 0 Å². The Balaban J connectivity index is 3.02. The van der Waals surface area contributed by atoms with E-state index in [4.69, 9.17) is 43.3 Å². The van der Waals surface area contributed by atoms with Crippen molar-refractivity contribution in [3.8, 4) is 0 Å². The maximum Gasteiger partial charge on any atom is 0.183 e. The molecule has 0 fully saturated rings. The molecular formula is C19H43NO8Si. The molecule has 0 atom stereocenters. The SMILES string of the molecule is C[Si](C)(C)OCCOCCOCCOCCOCCOCCOCCOCCN. The molecule has 0 aliphatic carbocycles. The lowest BCUT2D eigenvalue weighted by Crippen LogP contribution is -2.27. The first-order chi connectivity index (χ1) is 14.1. The normalized spacial score (nSPS) is 12.0. The smallest absolute Gasteiger partial charge is 0.183 e. The molecule has 0 bridgehead atoms. The third-order valence-electron chi connectivity index (χ3n) is 3.26. The molecular weight excluding hydrogens is 398 g/mol. The van der Waals surface area contributed by atoms with Gasteiger partial charge in [0.2, 0.25) is 0 Å². The minimum atomic E-state index is -1.43. The summed E-state index contributed by atoms with van der Waals surface area (Å²) in [5, 5.41) is 0. The number of ether oxygens (including phenoxy) is 7. The third kappa shape index (κ3) is 27.9. The van der Waals surface area contributed by atoms with E-state index in [1.54, 1.807) is 0 Å². The quantitative estimate of drug-likeness (QED) is 0.173. The number of hydrogen-bond donors (Lipinski definition) is 1. The molecule has 0 aromatic heterocycles. The molecule has 0 unspecified atom stereocenters. The van der Waals surface area contributed by atoms with Crippen molar-refractivity contribution >= 4 is 8.32 Å². The Kier molecular flexibility index (Phi) is 22.4. The van der Waals surface area contributed by atoms with Gasteiger partial charge in [-0.1, -0.05) is 0 Å². The van der Waals surface area contributed by atoms with E-state index in [0.717, 1.165) is 0 Å². The number of hydrogen-bond acceptors (Lipinski definition) is 9. The summed E-state index contributed by atoms with van der Waals surface area (Å²) >= 11 is 0. The summed E-state index contributed by atoms with van der Waals surface area (Å²) in [5.41, 5.74) is 5.31. The molecule has 0 aliphatic rings. The summed E-state index contributed by atoms with van der Waals surface area (Å²) in [6.45, 7) is 15.5. The van der Waals surface area contributed by atoms with E-state index < -0.39 is 8.32 Å². The molecule has 29 heavy (non-hydrogen) atoms. The largest absolute Gasteiger partial charge is 0.415 e. The van der Waals surface area contributed by atoms with Gasteiger partial charge >= 0.3 is 0 Å². The van der Waals surface area contributed by atoms with Gasteiger partial charge in [0.25, 0.3) is 0 Å². The lowest BCUT2D eigenvalue weighted by Gasteiger charge is -2.16. The summed E-state index contributed by atoms with van der Waals surface area (Å²) in [6, 6.07) is 0. The van der Waals surface area contributed by atoms with Crippen LogP contribution >= 0.6 is 0 Å². The highest BCUT2D eigenvalue weighted by atomic mass is 28.4. The monoisotopic (exact) mass is 441 g/mol. The second-order valence-corrected chi connectivity index (χ2v) is 11.5.